The molecule has 0 aliphatic heterocycles. The third-order valence-corrected chi connectivity index (χ3v) is 5.03. The smallest absolute Gasteiger partial charge is 0.251 e. The van der Waals surface area contributed by atoms with Gasteiger partial charge in [0.15, 0.2) is 0 Å². The molecule has 1 amide bonds. The molecule has 0 bridgehead atoms. The fourth-order valence-electron chi connectivity index (χ4n) is 3.37. The molecule has 0 atom stereocenters. The highest BCUT2D eigenvalue weighted by molar-refractivity contribution is 5.95. The summed E-state index contributed by atoms with van der Waals surface area (Å²) in [5.74, 6) is 1.98. The lowest BCUT2D eigenvalue weighted by molar-refractivity contribution is 0.0942. The molecule has 2 heterocycles. The van der Waals surface area contributed by atoms with Gasteiger partial charge in [0.2, 0.25) is 5.88 Å². The summed E-state index contributed by atoms with van der Waals surface area (Å²) in [6, 6.07) is 7.29. The maximum absolute atomic E-state index is 12.5. The topological polar surface area (TPSA) is 64.1 Å². The Bertz CT molecular complexity index is 722. The number of hydrogen-bond acceptors (Lipinski definition) is 4. The van der Waals surface area contributed by atoms with Crippen molar-refractivity contribution < 1.29 is 9.53 Å². The van der Waals surface area contributed by atoms with Gasteiger partial charge in [-0.3, -0.25) is 9.78 Å². The predicted octanol–water partition coefficient (Wildman–Crippen LogP) is 4.10. The molecule has 2 aromatic rings. The number of amides is 1. The Morgan fingerprint density at radius 3 is 2.69 bits per heavy atom. The molecule has 2 aromatic heterocycles. The van der Waals surface area contributed by atoms with Gasteiger partial charge in [0, 0.05) is 36.1 Å². The van der Waals surface area contributed by atoms with E-state index in [2.05, 4.69) is 22.2 Å². The van der Waals surface area contributed by atoms with E-state index in [0.717, 1.165) is 23.7 Å². The Kier molecular flexibility index (Phi) is 6.21. The van der Waals surface area contributed by atoms with Crippen LogP contribution in [-0.4, -0.2) is 29.0 Å². The first-order valence-corrected chi connectivity index (χ1v) is 9.49. The van der Waals surface area contributed by atoms with Crippen LogP contribution >= 0.6 is 0 Å². The van der Waals surface area contributed by atoms with Gasteiger partial charge in [0.05, 0.1) is 12.3 Å². The predicted molar refractivity (Wildman–Crippen MR) is 102 cm³/mol. The second-order valence-corrected chi connectivity index (χ2v) is 7.08. The monoisotopic (exact) mass is 353 g/mol. The summed E-state index contributed by atoms with van der Waals surface area (Å²) >= 11 is 0. The van der Waals surface area contributed by atoms with Crippen LogP contribution in [0.3, 0.4) is 0 Å². The molecule has 1 aliphatic carbocycles. The molecule has 5 nitrogen and oxygen atoms in total. The van der Waals surface area contributed by atoms with Crippen LogP contribution in [-0.2, 0) is 0 Å². The normalized spacial score (nSPS) is 19.8. The molecule has 1 fully saturated rings. The molecule has 0 radical (unpaired) electrons. The van der Waals surface area contributed by atoms with Crippen LogP contribution in [0.4, 0.5) is 0 Å². The van der Waals surface area contributed by atoms with E-state index in [1.54, 1.807) is 18.5 Å². The highest BCUT2D eigenvalue weighted by Crippen LogP contribution is 2.27. The maximum Gasteiger partial charge on any atom is 0.251 e. The minimum absolute atomic E-state index is 0.0360. The Balaban J connectivity index is 1.61. The lowest BCUT2D eigenvalue weighted by Gasteiger charge is -2.26. The Hall–Kier alpha value is -2.43. The average molecular weight is 353 g/mol. The summed E-state index contributed by atoms with van der Waals surface area (Å²) in [5, 5.41) is 3.09. The third kappa shape index (κ3) is 4.81. The molecule has 3 rings (SSSR count). The summed E-state index contributed by atoms with van der Waals surface area (Å²) in [6.07, 6.45) is 8.35. The zero-order valence-electron chi connectivity index (χ0n) is 15.6. The second kappa shape index (κ2) is 8.79. The minimum Gasteiger partial charge on any atom is -0.478 e. The van der Waals surface area contributed by atoms with Crippen molar-refractivity contribution in [3.63, 3.8) is 0 Å². The number of nitrogens with zero attached hydrogens (tertiary/aromatic N) is 2. The molecule has 0 aromatic carbocycles. The van der Waals surface area contributed by atoms with Gasteiger partial charge in [0.1, 0.15) is 0 Å². The summed E-state index contributed by atoms with van der Waals surface area (Å²) in [7, 11) is 0. The van der Waals surface area contributed by atoms with Crippen LogP contribution in [0.2, 0.25) is 0 Å². The van der Waals surface area contributed by atoms with Crippen molar-refractivity contribution in [3.8, 4) is 17.1 Å². The summed E-state index contributed by atoms with van der Waals surface area (Å²) < 4.78 is 5.36. The van der Waals surface area contributed by atoms with Crippen molar-refractivity contribution >= 4 is 5.91 Å². The van der Waals surface area contributed by atoms with Gasteiger partial charge in [-0.1, -0.05) is 19.8 Å². The zero-order valence-corrected chi connectivity index (χ0v) is 15.6. The van der Waals surface area contributed by atoms with Crippen LogP contribution in [0, 0.1) is 11.8 Å². The third-order valence-electron chi connectivity index (χ3n) is 5.03. The Labute approximate surface area is 155 Å². The zero-order chi connectivity index (χ0) is 18.4. The van der Waals surface area contributed by atoms with Gasteiger partial charge in [0.25, 0.3) is 5.91 Å². The van der Waals surface area contributed by atoms with Crippen molar-refractivity contribution in [1.82, 2.24) is 15.3 Å². The van der Waals surface area contributed by atoms with Crippen molar-refractivity contribution in [2.24, 2.45) is 11.8 Å². The van der Waals surface area contributed by atoms with E-state index < -0.39 is 0 Å². The fourth-order valence-corrected chi connectivity index (χ4v) is 3.37. The highest BCUT2D eigenvalue weighted by atomic mass is 16.5. The molecule has 1 N–H and O–H groups in total. The van der Waals surface area contributed by atoms with E-state index in [0.29, 0.717) is 24.0 Å². The Morgan fingerprint density at radius 1 is 1.19 bits per heavy atom. The molecular weight excluding hydrogens is 326 g/mol. The number of aromatic nitrogens is 2. The fraction of sp³-hybridized carbons (Fsp3) is 0.476. The van der Waals surface area contributed by atoms with Gasteiger partial charge in [-0.2, -0.15) is 0 Å². The van der Waals surface area contributed by atoms with E-state index in [-0.39, 0.29) is 5.91 Å². The van der Waals surface area contributed by atoms with Crippen molar-refractivity contribution in [2.45, 2.75) is 39.5 Å². The largest absolute Gasteiger partial charge is 0.478 e. The first kappa shape index (κ1) is 18.4. The molecule has 0 unspecified atom stereocenters. The number of pyridine rings is 2. The molecule has 0 spiro atoms. The lowest BCUT2D eigenvalue weighted by atomic mass is 9.83. The highest BCUT2D eigenvalue weighted by Gasteiger charge is 2.19. The van der Waals surface area contributed by atoms with Crippen LogP contribution in [0.5, 0.6) is 5.88 Å². The summed E-state index contributed by atoms with van der Waals surface area (Å²) in [4.78, 5) is 21.1. The SMILES string of the molecule is CCOc1ccc(-c2cc(C(=O)NCC3CCC(C)CC3)ccn2)cn1. The van der Waals surface area contributed by atoms with Gasteiger partial charge in [-0.15, -0.1) is 0 Å². The van der Waals surface area contributed by atoms with Crippen molar-refractivity contribution in [3.05, 3.63) is 42.2 Å². The number of rotatable bonds is 6. The van der Waals surface area contributed by atoms with Gasteiger partial charge >= 0.3 is 0 Å². The van der Waals surface area contributed by atoms with Gasteiger partial charge < -0.3 is 10.1 Å². The maximum atomic E-state index is 12.5. The lowest BCUT2D eigenvalue weighted by Crippen LogP contribution is -2.31. The van der Waals surface area contributed by atoms with Gasteiger partial charge in [-0.25, -0.2) is 4.98 Å². The quantitative estimate of drug-likeness (QED) is 0.849. The van der Waals surface area contributed by atoms with E-state index in [1.807, 2.05) is 25.1 Å². The Morgan fingerprint density at radius 2 is 2.00 bits per heavy atom. The van der Waals surface area contributed by atoms with Gasteiger partial charge in [-0.05, 0) is 49.8 Å². The van der Waals surface area contributed by atoms with Crippen molar-refractivity contribution in [2.75, 3.05) is 13.2 Å². The van der Waals surface area contributed by atoms with Crippen LogP contribution in [0.25, 0.3) is 11.3 Å². The number of carbonyl (C=O) groups excluding carboxylic acids is 1. The second-order valence-electron chi connectivity index (χ2n) is 7.08. The van der Waals surface area contributed by atoms with Crippen LogP contribution in [0.15, 0.2) is 36.7 Å². The number of hydrogen-bond donors (Lipinski definition) is 1. The molecule has 0 saturated heterocycles. The molecule has 1 aliphatic rings. The molecular formula is C21H27N3O2. The first-order chi connectivity index (χ1) is 12.7. The summed E-state index contributed by atoms with van der Waals surface area (Å²) in [6.45, 7) is 5.57. The van der Waals surface area contributed by atoms with E-state index in [4.69, 9.17) is 4.74 Å². The van der Waals surface area contributed by atoms with Crippen LogP contribution < -0.4 is 10.1 Å². The molecule has 26 heavy (non-hydrogen) atoms. The molecule has 1 saturated carbocycles. The molecule has 5 heteroatoms. The summed E-state index contributed by atoms with van der Waals surface area (Å²) in [5.41, 5.74) is 2.23. The van der Waals surface area contributed by atoms with E-state index in [9.17, 15) is 4.79 Å². The van der Waals surface area contributed by atoms with Crippen LogP contribution in [0.1, 0.15) is 49.9 Å². The van der Waals surface area contributed by atoms with Crippen molar-refractivity contribution in [1.29, 1.82) is 0 Å². The van der Waals surface area contributed by atoms with E-state index >= 15 is 0 Å². The number of ether oxygens (including phenoxy) is 1. The first-order valence-electron chi connectivity index (χ1n) is 9.49. The minimum atomic E-state index is -0.0360. The standard InChI is InChI=1S/C21H27N3O2/c1-3-26-20-9-8-18(14-23-20)19-12-17(10-11-22-19)21(25)24-13-16-6-4-15(2)5-7-16/h8-12,14-16H,3-7,13H2,1-2H3,(H,24,25). The average Bonchev–Trinajstić information content (AvgIpc) is 2.68. The van der Waals surface area contributed by atoms with E-state index in [1.165, 1.54) is 25.7 Å². The number of nitrogens with one attached hydrogen (secondary N) is 1. The molecule has 138 valence electrons. The number of carbonyl (C=O) groups is 1.